The van der Waals surface area contributed by atoms with Gasteiger partial charge in [-0.25, -0.2) is 0 Å². The number of aryl methyl sites for hydroxylation is 1. The third kappa shape index (κ3) is 1.49. The summed E-state index contributed by atoms with van der Waals surface area (Å²) in [4.78, 5) is 0. The van der Waals surface area contributed by atoms with E-state index in [4.69, 9.17) is 22.1 Å². The van der Waals surface area contributed by atoms with Gasteiger partial charge in [0.2, 0.25) is 0 Å². The molecule has 76 valence electrons. The van der Waals surface area contributed by atoms with Crippen LogP contribution in [0.1, 0.15) is 24.0 Å². The van der Waals surface area contributed by atoms with Crippen molar-refractivity contribution in [3.8, 4) is 5.75 Å². The van der Waals surface area contributed by atoms with E-state index >= 15 is 0 Å². The van der Waals surface area contributed by atoms with Crippen LogP contribution in [0, 0.1) is 6.92 Å². The Balaban J connectivity index is 2.48. The molecule has 0 unspecified atom stereocenters. The van der Waals surface area contributed by atoms with E-state index in [1.807, 2.05) is 13.0 Å². The third-order valence-corrected chi connectivity index (χ3v) is 3.29. The highest BCUT2D eigenvalue weighted by atomic mass is 35.5. The van der Waals surface area contributed by atoms with E-state index in [0.29, 0.717) is 5.02 Å². The van der Waals surface area contributed by atoms with Crippen molar-refractivity contribution in [2.24, 2.45) is 5.73 Å². The van der Waals surface area contributed by atoms with Crippen molar-refractivity contribution >= 4 is 11.6 Å². The zero-order chi connectivity index (χ0) is 10.3. The molecule has 1 aromatic carbocycles. The van der Waals surface area contributed by atoms with Gasteiger partial charge in [-0.05, 0) is 37.0 Å². The number of methoxy groups -OCH3 is 1. The second kappa shape index (κ2) is 3.14. The first kappa shape index (κ1) is 9.81. The molecule has 2 rings (SSSR count). The van der Waals surface area contributed by atoms with E-state index in [9.17, 15) is 0 Å². The Morgan fingerprint density at radius 2 is 2.07 bits per heavy atom. The zero-order valence-electron chi connectivity index (χ0n) is 8.43. The van der Waals surface area contributed by atoms with Crippen LogP contribution in [0.25, 0.3) is 0 Å². The maximum absolute atomic E-state index is 6.11. The van der Waals surface area contributed by atoms with Gasteiger partial charge in [0.05, 0.1) is 12.1 Å². The second-order valence-corrected chi connectivity index (χ2v) is 4.34. The highest BCUT2D eigenvalue weighted by Crippen LogP contribution is 2.45. The van der Waals surface area contributed by atoms with Gasteiger partial charge in [0.15, 0.2) is 0 Å². The minimum absolute atomic E-state index is 0.122. The Morgan fingerprint density at radius 1 is 1.43 bits per heavy atom. The van der Waals surface area contributed by atoms with Gasteiger partial charge in [0.1, 0.15) is 5.75 Å². The van der Waals surface area contributed by atoms with Crippen LogP contribution in [0.2, 0.25) is 5.02 Å². The molecule has 0 heterocycles. The molecule has 14 heavy (non-hydrogen) atoms. The van der Waals surface area contributed by atoms with E-state index < -0.39 is 0 Å². The minimum atomic E-state index is -0.122. The van der Waals surface area contributed by atoms with Gasteiger partial charge in [0.25, 0.3) is 0 Å². The van der Waals surface area contributed by atoms with Gasteiger partial charge in [0, 0.05) is 5.54 Å². The fourth-order valence-electron chi connectivity index (χ4n) is 1.60. The fourth-order valence-corrected chi connectivity index (χ4v) is 1.78. The number of halogens is 1. The number of hydrogen-bond donors (Lipinski definition) is 1. The van der Waals surface area contributed by atoms with Gasteiger partial charge in [-0.15, -0.1) is 0 Å². The van der Waals surface area contributed by atoms with E-state index in [-0.39, 0.29) is 5.54 Å². The molecule has 1 aliphatic rings. The van der Waals surface area contributed by atoms with Crippen LogP contribution in [0.4, 0.5) is 0 Å². The molecule has 3 heteroatoms. The lowest BCUT2D eigenvalue weighted by Crippen LogP contribution is -2.18. The van der Waals surface area contributed by atoms with Crippen molar-refractivity contribution in [1.29, 1.82) is 0 Å². The lowest BCUT2D eigenvalue weighted by molar-refractivity contribution is 0.413. The number of ether oxygens (including phenoxy) is 1. The summed E-state index contributed by atoms with van der Waals surface area (Å²) in [5, 5.41) is 0.681. The number of hydrogen-bond acceptors (Lipinski definition) is 2. The minimum Gasteiger partial charge on any atom is -0.495 e. The zero-order valence-corrected chi connectivity index (χ0v) is 9.19. The van der Waals surface area contributed by atoms with Crippen molar-refractivity contribution in [2.75, 3.05) is 7.11 Å². The Labute approximate surface area is 89.0 Å². The standard InChI is InChI=1S/C11H14ClNO/c1-7-5-8(11(13)3-4-11)6-9(14-2)10(7)12/h5-6H,3-4,13H2,1-2H3. The first-order valence-corrected chi connectivity index (χ1v) is 5.08. The molecule has 0 radical (unpaired) electrons. The Hall–Kier alpha value is -0.730. The summed E-state index contributed by atoms with van der Waals surface area (Å²) in [6, 6.07) is 4.00. The average molecular weight is 212 g/mol. The maximum Gasteiger partial charge on any atom is 0.138 e. The van der Waals surface area contributed by atoms with Crippen molar-refractivity contribution < 1.29 is 4.74 Å². The monoisotopic (exact) mass is 211 g/mol. The molecule has 2 nitrogen and oxygen atoms in total. The molecule has 1 saturated carbocycles. The molecule has 0 amide bonds. The normalized spacial score (nSPS) is 18.0. The van der Waals surface area contributed by atoms with E-state index in [0.717, 1.165) is 29.7 Å². The molecule has 1 aromatic rings. The summed E-state index contributed by atoms with van der Waals surface area (Å²) in [5.41, 5.74) is 8.15. The van der Waals surface area contributed by atoms with Gasteiger partial charge < -0.3 is 10.5 Å². The van der Waals surface area contributed by atoms with Crippen LogP contribution < -0.4 is 10.5 Å². The van der Waals surface area contributed by atoms with Crippen LogP contribution in [-0.2, 0) is 5.54 Å². The third-order valence-electron chi connectivity index (χ3n) is 2.80. The maximum atomic E-state index is 6.11. The predicted molar refractivity (Wildman–Crippen MR) is 57.8 cm³/mol. The number of nitrogens with two attached hydrogens (primary N) is 1. The number of benzene rings is 1. The molecule has 1 aliphatic carbocycles. The van der Waals surface area contributed by atoms with E-state index in [1.54, 1.807) is 7.11 Å². The van der Waals surface area contributed by atoms with Crippen LogP contribution >= 0.6 is 11.6 Å². The second-order valence-electron chi connectivity index (χ2n) is 3.97. The summed E-state index contributed by atoms with van der Waals surface area (Å²) >= 11 is 6.07. The number of rotatable bonds is 2. The Kier molecular flexibility index (Phi) is 2.20. The quantitative estimate of drug-likeness (QED) is 0.816. The van der Waals surface area contributed by atoms with Crippen molar-refractivity contribution in [1.82, 2.24) is 0 Å². The molecule has 0 atom stereocenters. The molecule has 0 bridgehead atoms. The van der Waals surface area contributed by atoms with E-state index in [1.165, 1.54) is 0 Å². The largest absolute Gasteiger partial charge is 0.495 e. The lowest BCUT2D eigenvalue weighted by atomic mass is 10.0. The molecule has 0 saturated heterocycles. The summed E-state index contributed by atoms with van der Waals surface area (Å²) in [5.74, 6) is 0.721. The Morgan fingerprint density at radius 3 is 2.57 bits per heavy atom. The summed E-state index contributed by atoms with van der Waals surface area (Å²) in [7, 11) is 1.63. The molecule has 0 spiro atoms. The van der Waals surface area contributed by atoms with Crippen molar-refractivity contribution in [3.63, 3.8) is 0 Å². The average Bonchev–Trinajstić information content (AvgIpc) is 2.89. The molecule has 0 aliphatic heterocycles. The fraction of sp³-hybridized carbons (Fsp3) is 0.455. The first-order valence-electron chi connectivity index (χ1n) is 4.70. The summed E-state index contributed by atoms with van der Waals surface area (Å²) in [6.45, 7) is 1.97. The van der Waals surface area contributed by atoms with Gasteiger partial charge in [-0.3, -0.25) is 0 Å². The van der Waals surface area contributed by atoms with Crippen molar-refractivity contribution in [2.45, 2.75) is 25.3 Å². The highest BCUT2D eigenvalue weighted by molar-refractivity contribution is 6.32. The van der Waals surface area contributed by atoms with Gasteiger partial charge in [-0.1, -0.05) is 17.7 Å². The van der Waals surface area contributed by atoms with Crippen LogP contribution in [0.15, 0.2) is 12.1 Å². The van der Waals surface area contributed by atoms with Crippen LogP contribution in [0.3, 0.4) is 0 Å². The SMILES string of the molecule is COc1cc(C2(N)CC2)cc(C)c1Cl. The highest BCUT2D eigenvalue weighted by Gasteiger charge is 2.40. The lowest BCUT2D eigenvalue weighted by Gasteiger charge is -2.13. The molecular weight excluding hydrogens is 198 g/mol. The molecular formula is C11H14ClNO. The summed E-state index contributed by atoms with van der Waals surface area (Å²) in [6.07, 6.45) is 2.11. The van der Waals surface area contributed by atoms with E-state index in [2.05, 4.69) is 6.07 Å². The van der Waals surface area contributed by atoms with Gasteiger partial charge >= 0.3 is 0 Å². The first-order chi connectivity index (χ1) is 6.57. The topological polar surface area (TPSA) is 35.2 Å². The smallest absolute Gasteiger partial charge is 0.138 e. The Bertz CT molecular complexity index is 372. The van der Waals surface area contributed by atoms with Gasteiger partial charge in [-0.2, -0.15) is 0 Å². The molecule has 2 N–H and O–H groups in total. The van der Waals surface area contributed by atoms with Crippen molar-refractivity contribution in [3.05, 3.63) is 28.3 Å². The predicted octanol–water partition coefficient (Wildman–Crippen LogP) is 2.60. The summed E-state index contributed by atoms with van der Waals surface area (Å²) < 4.78 is 5.20. The molecule has 1 fully saturated rings. The molecule has 0 aromatic heterocycles. The van der Waals surface area contributed by atoms with Crippen LogP contribution in [-0.4, -0.2) is 7.11 Å². The van der Waals surface area contributed by atoms with Crippen LogP contribution in [0.5, 0.6) is 5.75 Å².